The molecule has 4 nitrogen and oxygen atoms in total. The summed E-state index contributed by atoms with van der Waals surface area (Å²) in [6.07, 6.45) is 1.18. The van der Waals surface area contributed by atoms with Gasteiger partial charge in [-0.2, -0.15) is 0 Å². The molecule has 0 bridgehead atoms. The normalized spacial score (nSPS) is 23.5. The Balaban J connectivity index is 1.90. The number of nitrogens with one attached hydrogen (secondary N) is 1. The maximum absolute atomic E-state index is 12.0. The van der Waals surface area contributed by atoms with E-state index >= 15 is 0 Å². The van der Waals surface area contributed by atoms with Gasteiger partial charge < -0.3 is 11.1 Å². The highest BCUT2D eigenvalue weighted by Crippen LogP contribution is 2.21. The van der Waals surface area contributed by atoms with E-state index in [4.69, 9.17) is 5.73 Å². The number of rotatable bonds is 4. The Morgan fingerprint density at radius 1 is 1.47 bits per heavy atom. The summed E-state index contributed by atoms with van der Waals surface area (Å²) in [4.78, 5) is 14.3. The van der Waals surface area contributed by atoms with Gasteiger partial charge in [0, 0.05) is 24.8 Å². The van der Waals surface area contributed by atoms with Gasteiger partial charge in [0.25, 0.3) is 0 Å². The van der Waals surface area contributed by atoms with Gasteiger partial charge >= 0.3 is 0 Å². The van der Waals surface area contributed by atoms with Crippen LogP contribution in [0.15, 0.2) is 24.3 Å². The SMILES string of the molecule is CC1CC(C)N(CC(=O)Nc2cccc(CN)c2)C1. The molecule has 1 aliphatic heterocycles. The van der Waals surface area contributed by atoms with Crippen LogP contribution in [0.4, 0.5) is 5.69 Å². The molecular formula is C15H23N3O. The number of carbonyl (C=O) groups is 1. The van der Waals surface area contributed by atoms with E-state index in [9.17, 15) is 4.79 Å². The molecule has 3 N–H and O–H groups in total. The summed E-state index contributed by atoms with van der Waals surface area (Å²) >= 11 is 0. The van der Waals surface area contributed by atoms with Crippen LogP contribution < -0.4 is 11.1 Å². The summed E-state index contributed by atoms with van der Waals surface area (Å²) in [5.41, 5.74) is 7.45. The van der Waals surface area contributed by atoms with E-state index < -0.39 is 0 Å². The van der Waals surface area contributed by atoms with E-state index in [0.29, 0.717) is 25.0 Å². The van der Waals surface area contributed by atoms with Gasteiger partial charge in [-0.15, -0.1) is 0 Å². The molecule has 2 atom stereocenters. The van der Waals surface area contributed by atoms with Crippen LogP contribution in [0.3, 0.4) is 0 Å². The first kappa shape index (κ1) is 14.0. The molecule has 0 spiro atoms. The van der Waals surface area contributed by atoms with Crippen molar-refractivity contribution in [3.63, 3.8) is 0 Å². The monoisotopic (exact) mass is 261 g/mol. The Bertz CT molecular complexity index is 447. The summed E-state index contributed by atoms with van der Waals surface area (Å²) in [7, 11) is 0. The van der Waals surface area contributed by atoms with E-state index in [1.165, 1.54) is 6.42 Å². The smallest absolute Gasteiger partial charge is 0.238 e. The number of carbonyl (C=O) groups excluding carboxylic acids is 1. The van der Waals surface area contributed by atoms with Gasteiger partial charge in [-0.05, 0) is 37.0 Å². The van der Waals surface area contributed by atoms with E-state index in [1.807, 2.05) is 24.3 Å². The lowest BCUT2D eigenvalue weighted by molar-refractivity contribution is -0.117. The zero-order chi connectivity index (χ0) is 13.8. The van der Waals surface area contributed by atoms with Crippen molar-refractivity contribution in [3.05, 3.63) is 29.8 Å². The Morgan fingerprint density at radius 2 is 2.26 bits per heavy atom. The van der Waals surface area contributed by atoms with E-state index in [2.05, 4.69) is 24.1 Å². The van der Waals surface area contributed by atoms with Crippen molar-refractivity contribution in [2.24, 2.45) is 11.7 Å². The summed E-state index contributed by atoms with van der Waals surface area (Å²) in [6, 6.07) is 8.19. The predicted octanol–water partition coefficient (Wildman–Crippen LogP) is 1.81. The minimum absolute atomic E-state index is 0.0510. The second-order valence-corrected chi connectivity index (χ2v) is 5.57. The molecule has 1 aliphatic rings. The van der Waals surface area contributed by atoms with Gasteiger partial charge in [-0.3, -0.25) is 9.69 Å². The van der Waals surface area contributed by atoms with E-state index in [1.54, 1.807) is 0 Å². The fourth-order valence-corrected chi connectivity index (χ4v) is 2.77. The predicted molar refractivity (Wildman–Crippen MR) is 77.8 cm³/mol. The fraction of sp³-hybridized carbons (Fsp3) is 0.533. The van der Waals surface area contributed by atoms with Gasteiger partial charge in [0.05, 0.1) is 6.54 Å². The summed E-state index contributed by atoms with van der Waals surface area (Å²) < 4.78 is 0. The maximum Gasteiger partial charge on any atom is 0.238 e. The molecule has 19 heavy (non-hydrogen) atoms. The third kappa shape index (κ3) is 3.78. The Morgan fingerprint density at radius 3 is 2.89 bits per heavy atom. The Kier molecular flexibility index (Phi) is 4.56. The van der Waals surface area contributed by atoms with Crippen molar-refractivity contribution in [2.75, 3.05) is 18.4 Å². The third-order valence-electron chi connectivity index (χ3n) is 3.71. The Labute approximate surface area is 115 Å². The van der Waals surface area contributed by atoms with Gasteiger partial charge in [0.2, 0.25) is 5.91 Å². The lowest BCUT2D eigenvalue weighted by Crippen LogP contribution is -2.35. The van der Waals surface area contributed by atoms with Gasteiger partial charge in [0.15, 0.2) is 0 Å². The van der Waals surface area contributed by atoms with Crippen LogP contribution in [0.1, 0.15) is 25.8 Å². The number of nitrogens with two attached hydrogens (primary N) is 1. The van der Waals surface area contributed by atoms with Gasteiger partial charge in [0.1, 0.15) is 0 Å². The first-order chi connectivity index (χ1) is 9.08. The molecule has 0 aromatic heterocycles. The largest absolute Gasteiger partial charge is 0.326 e. The highest BCUT2D eigenvalue weighted by atomic mass is 16.2. The highest BCUT2D eigenvalue weighted by Gasteiger charge is 2.27. The van der Waals surface area contributed by atoms with E-state index in [0.717, 1.165) is 17.8 Å². The van der Waals surface area contributed by atoms with Crippen molar-refractivity contribution in [3.8, 4) is 0 Å². The van der Waals surface area contributed by atoms with Crippen molar-refractivity contribution >= 4 is 11.6 Å². The van der Waals surface area contributed by atoms with Crippen molar-refractivity contribution < 1.29 is 4.79 Å². The maximum atomic E-state index is 12.0. The van der Waals surface area contributed by atoms with Crippen LogP contribution in [0, 0.1) is 5.92 Å². The van der Waals surface area contributed by atoms with E-state index in [-0.39, 0.29) is 5.91 Å². The van der Waals surface area contributed by atoms with Crippen LogP contribution in [0.25, 0.3) is 0 Å². The average molecular weight is 261 g/mol. The molecule has 1 aromatic carbocycles. The zero-order valence-corrected chi connectivity index (χ0v) is 11.7. The lowest BCUT2D eigenvalue weighted by atomic mass is 10.1. The van der Waals surface area contributed by atoms with Crippen LogP contribution in [-0.2, 0) is 11.3 Å². The lowest BCUT2D eigenvalue weighted by Gasteiger charge is -2.20. The van der Waals surface area contributed by atoms with Crippen molar-refractivity contribution in [2.45, 2.75) is 32.9 Å². The van der Waals surface area contributed by atoms with Crippen molar-refractivity contribution in [1.29, 1.82) is 0 Å². The molecule has 0 aliphatic carbocycles. The molecule has 104 valence electrons. The Hall–Kier alpha value is -1.39. The topological polar surface area (TPSA) is 58.4 Å². The second kappa shape index (κ2) is 6.17. The van der Waals surface area contributed by atoms with Crippen LogP contribution in [-0.4, -0.2) is 29.9 Å². The molecule has 1 amide bonds. The minimum atomic E-state index is 0.0510. The van der Waals surface area contributed by atoms with Crippen molar-refractivity contribution in [1.82, 2.24) is 4.90 Å². The molecule has 4 heteroatoms. The number of hydrogen-bond acceptors (Lipinski definition) is 3. The molecule has 1 saturated heterocycles. The number of likely N-dealkylation sites (tertiary alicyclic amines) is 1. The number of anilines is 1. The summed E-state index contributed by atoms with van der Waals surface area (Å²) in [5.74, 6) is 0.735. The quantitative estimate of drug-likeness (QED) is 0.869. The van der Waals surface area contributed by atoms with Gasteiger partial charge in [-0.25, -0.2) is 0 Å². The molecule has 1 heterocycles. The number of nitrogens with zero attached hydrogens (tertiary/aromatic N) is 1. The fourth-order valence-electron chi connectivity index (χ4n) is 2.77. The average Bonchev–Trinajstić information content (AvgIpc) is 2.68. The molecule has 2 rings (SSSR count). The summed E-state index contributed by atoms with van der Waals surface area (Å²) in [6.45, 7) is 6.39. The molecule has 0 radical (unpaired) electrons. The number of benzene rings is 1. The number of amides is 1. The summed E-state index contributed by atoms with van der Waals surface area (Å²) in [5, 5.41) is 2.94. The standard InChI is InChI=1S/C15H23N3O/c1-11-6-12(2)18(9-11)10-15(19)17-14-5-3-4-13(7-14)8-16/h3-5,7,11-12H,6,8-10,16H2,1-2H3,(H,17,19). The third-order valence-corrected chi connectivity index (χ3v) is 3.71. The molecular weight excluding hydrogens is 238 g/mol. The van der Waals surface area contributed by atoms with Crippen LogP contribution in [0.5, 0.6) is 0 Å². The highest BCUT2D eigenvalue weighted by molar-refractivity contribution is 5.92. The first-order valence-electron chi connectivity index (χ1n) is 6.91. The molecule has 2 unspecified atom stereocenters. The first-order valence-corrected chi connectivity index (χ1v) is 6.91. The molecule has 1 aromatic rings. The second-order valence-electron chi connectivity index (χ2n) is 5.57. The molecule has 1 fully saturated rings. The van der Waals surface area contributed by atoms with Crippen LogP contribution >= 0.6 is 0 Å². The van der Waals surface area contributed by atoms with Crippen LogP contribution in [0.2, 0.25) is 0 Å². The number of hydrogen-bond donors (Lipinski definition) is 2. The molecule has 0 saturated carbocycles. The minimum Gasteiger partial charge on any atom is -0.326 e. The zero-order valence-electron chi connectivity index (χ0n) is 11.7. The van der Waals surface area contributed by atoms with Gasteiger partial charge in [-0.1, -0.05) is 19.1 Å².